The van der Waals surface area contributed by atoms with E-state index in [9.17, 15) is 4.79 Å². The highest BCUT2D eigenvalue weighted by molar-refractivity contribution is 5.74. The van der Waals surface area contributed by atoms with Crippen molar-refractivity contribution >= 4 is 6.03 Å². The molecule has 116 valence electrons. The maximum Gasteiger partial charge on any atom is 0.317 e. The quantitative estimate of drug-likeness (QED) is 0.922. The highest BCUT2D eigenvalue weighted by Crippen LogP contribution is 2.21. The van der Waals surface area contributed by atoms with E-state index in [1.165, 1.54) is 0 Å². The second-order valence-corrected chi connectivity index (χ2v) is 5.85. The Bertz CT molecular complexity index is 451. The molecule has 0 saturated carbocycles. The number of carbonyl (C=O) groups excluding carboxylic acids is 1. The Morgan fingerprint density at radius 3 is 2.81 bits per heavy atom. The summed E-state index contributed by atoms with van der Waals surface area (Å²) in [5, 5.41) is 2.99. The summed E-state index contributed by atoms with van der Waals surface area (Å²) >= 11 is 0. The standard InChI is InChI=1S/C16H26N4O/c1-4-20-10-7-15(13(2)12-20)19(3)16(21)18-11-14-5-8-17-9-6-14/h5-6,8-9,13,15H,4,7,10-12H2,1-3H3,(H,18,21). The molecule has 1 N–H and O–H groups in total. The molecule has 5 nitrogen and oxygen atoms in total. The lowest BCUT2D eigenvalue weighted by Gasteiger charge is -2.40. The monoisotopic (exact) mass is 290 g/mol. The zero-order valence-electron chi connectivity index (χ0n) is 13.2. The van der Waals surface area contributed by atoms with E-state index in [0.29, 0.717) is 18.5 Å². The molecule has 2 rings (SSSR count). The first-order valence-electron chi connectivity index (χ1n) is 7.73. The molecule has 1 aromatic rings. The fourth-order valence-corrected chi connectivity index (χ4v) is 3.04. The highest BCUT2D eigenvalue weighted by atomic mass is 16.2. The number of rotatable bonds is 4. The van der Waals surface area contributed by atoms with Gasteiger partial charge in [0.2, 0.25) is 0 Å². The lowest BCUT2D eigenvalue weighted by molar-refractivity contribution is 0.0962. The minimum absolute atomic E-state index is 0.00797. The van der Waals surface area contributed by atoms with E-state index in [2.05, 4.69) is 29.0 Å². The molecule has 0 bridgehead atoms. The molecule has 2 atom stereocenters. The molecule has 1 saturated heterocycles. The van der Waals surface area contributed by atoms with Crippen LogP contribution in [-0.4, -0.2) is 53.5 Å². The smallest absolute Gasteiger partial charge is 0.317 e. The first-order chi connectivity index (χ1) is 10.1. The molecule has 0 aromatic carbocycles. The fourth-order valence-electron chi connectivity index (χ4n) is 3.04. The molecule has 1 aliphatic heterocycles. The van der Waals surface area contributed by atoms with Crippen molar-refractivity contribution in [2.24, 2.45) is 5.92 Å². The van der Waals surface area contributed by atoms with Gasteiger partial charge in [-0.1, -0.05) is 13.8 Å². The van der Waals surface area contributed by atoms with Gasteiger partial charge in [-0.15, -0.1) is 0 Å². The van der Waals surface area contributed by atoms with Crippen LogP contribution in [0, 0.1) is 5.92 Å². The largest absolute Gasteiger partial charge is 0.334 e. The number of urea groups is 1. The summed E-state index contributed by atoms with van der Waals surface area (Å²) < 4.78 is 0. The van der Waals surface area contributed by atoms with Crippen LogP contribution in [0.15, 0.2) is 24.5 Å². The molecule has 1 aliphatic rings. The van der Waals surface area contributed by atoms with Crippen molar-refractivity contribution in [1.29, 1.82) is 0 Å². The van der Waals surface area contributed by atoms with Gasteiger partial charge in [0, 0.05) is 45.1 Å². The van der Waals surface area contributed by atoms with Crippen molar-refractivity contribution < 1.29 is 4.79 Å². The number of hydrogen-bond acceptors (Lipinski definition) is 3. The van der Waals surface area contributed by atoms with Crippen molar-refractivity contribution in [3.63, 3.8) is 0 Å². The fraction of sp³-hybridized carbons (Fsp3) is 0.625. The molecule has 2 unspecified atom stereocenters. The summed E-state index contributed by atoms with van der Waals surface area (Å²) in [5.74, 6) is 0.510. The third kappa shape index (κ3) is 4.17. The number of nitrogens with zero attached hydrogens (tertiary/aromatic N) is 3. The molecule has 2 heterocycles. The Morgan fingerprint density at radius 2 is 2.19 bits per heavy atom. The summed E-state index contributed by atoms with van der Waals surface area (Å²) in [7, 11) is 1.91. The second-order valence-electron chi connectivity index (χ2n) is 5.85. The lowest BCUT2D eigenvalue weighted by atomic mass is 9.93. The van der Waals surface area contributed by atoms with Gasteiger partial charge in [0.15, 0.2) is 0 Å². The topological polar surface area (TPSA) is 48.5 Å². The molecular weight excluding hydrogens is 264 g/mol. The average molecular weight is 290 g/mol. The van der Waals surface area contributed by atoms with Gasteiger partial charge in [-0.25, -0.2) is 4.79 Å². The van der Waals surface area contributed by atoms with Gasteiger partial charge in [0.25, 0.3) is 0 Å². The van der Waals surface area contributed by atoms with E-state index in [-0.39, 0.29) is 6.03 Å². The van der Waals surface area contributed by atoms with Crippen LogP contribution in [0.4, 0.5) is 4.79 Å². The predicted octanol–water partition coefficient (Wildman–Crippen LogP) is 1.95. The normalized spacial score (nSPS) is 22.8. The number of hydrogen-bond donors (Lipinski definition) is 1. The van der Waals surface area contributed by atoms with Gasteiger partial charge in [-0.2, -0.15) is 0 Å². The van der Waals surface area contributed by atoms with Gasteiger partial charge in [-0.3, -0.25) is 4.98 Å². The number of pyridine rings is 1. The van der Waals surface area contributed by atoms with Gasteiger partial charge in [0.05, 0.1) is 0 Å². The maximum absolute atomic E-state index is 12.3. The molecule has 0 aliphatic carbocycles. The third-order valence-corrected chi connectivity index (χ3v) is 4.40. The first kappa shape index (κ1) is 15.8. The average Bonchev–Trinajstić information content (AvgIpc) is 2.52. The van der Waals surface area contributed by atoms with Crippen molar-refractivity contribution in [3.05, 3.63) is 30.1 Å². The number of amides is 2. The minimum atomic E-state index is 0.00797. The molecule has 2 amide bonds. The SMILES string of the molecule is CCN1CCC(N(C)C(=O)NCc2ccncc2)C(C)C1. The van der Waals surface area contributed by atoms with Crippen molar-refractivity contribution in [3.8, 4) is 0 Å². The zero-order valence-corrected chi connectivity index (χ0v) is 13.2. The van der Waals surface area contributed by atoms with E-state index >= 15 is 0 Å². The van der Waals surface area contributed by atoms with E-state index in [1.54, 1.807) is 12.4 Å². The lowest BCUT2D eigenvalue weighted by Crippen LogP contribution is -2.52. The van der Waals surface area contributed by atoms with Gasteiger partial charge in [-0.05, 0) is 36.6 Å². The van der Waals surface area contributed by atoms with Crippen molar-refractivity contribution in [2.75, 3.05) is 26.7 Å². The molecule has 1 aromatic heterocycles. The van der Waals surface area contributed by atoms with E-state index in [4.69, 9.17) is 0 Å². The number of likely N-dealkylation sites (tertiary alicyclic amines) is 1. The molecular formula is C16H26N4O. The Hall–Kier alpha value is -1.62. The van der Waals surface area contributed by atoms with E-state index < -0.39 is 0 Å². The van der Waals surface area contributed by atoms with Crippen LogP contribution in [0.25, 0.3) is 0 Å². The predicted molar refractivity (Wildman–Crippen MR) is 83.9 cm³/mol. The van der Waals surface area contributed by atoms with Crippen LogP contribution in [-0.2, 0) is 6.54 Å². The summed E-state index contributed by atoms with van der Waals surface area (Å²) in [6, 6.07) is 4.17. The van der Waals surface area contributed by atoms with Crippen LogP contribution < -0.4 is 5.32 Å². The number of nitrogens with one attached hydrogen (secondary N) is 1. The van der Waals surface area contributed by atoms with E-state index in [0.717, 1.165) is 31.6 Å². The summed E-state index contributed by atoms with van der Waals surface area (Å²) in [6.45, 7) is 8.22. The van der Waals surface area contributed by atoms with Gasteiger partial charge < -0.3 is 15.1 Å². The Balaban J connectivity index is 1.84. The van der Waals surface area contributed by atoms with Crippen LogP contribution in [0.1, 0.15) is 25.8 Å². The maximum atomic E-state index is 12.3. The number of carbonyl (C=O) groups is 1. The highest BCUT2D eigenvalue weighted by Gasteiger charge is 2.30. The Morgan fingerprint density at radius 1 is 1.48 bits per heavy atom. The van der Waals surface area contributed by atoms with Gasteiger partial charge >= 0.3 is 6.03 Å². The third-order valence-electron chi connectivity index (χ3n) is 4.40. The summed E-state index contributed by atoms with van der Waals surface area (Å²) in [5.41, 5.74) is 1.07. The van der Waals surface area contributed by atoms with Crippen LogP contribution >= 0.6 is 0 Å². The van der Waals surface area contributed by atoms with Gasteiger partial charge in [0.1, 0.15) is 0 Å². The minimum Gasteiger partial charge on any atom is -0.334 e. The summed E-state index contributed by atoms with van der Waals surface area (Å²) in [4.78, 5) is 20.6. The van der Waals surface area contributed by atoms with E-state index in [1.807, 2.05) is 24.1 Å². The second kappa shape index (κ2) is 7.41. The Labute approximate surface area is 127 Å². The van der Waals surface area contributed by atoms with Crippen molar-refractivity contribution in [1.82, 2.24) is 20.1 Å². The van der Waals surface area contributed by atoms with Crippen LogP contribution in [0.2, 0.25) is 0 Å². The van der Waals surface area contributed by atoms with Crippen LogP contribution in [0.3, 0.4) is 0 Å². The Kier molecular flexibility index (Phi) is 5.56. The first-order valence-corrected chi connectivity index (χ1v) is 7.73. The zero-order chi connectivity index (χ0) is 15.2. The molecule has 0 spiro atoms. The van der Waals surface area contributed by atoms with Crippen molar-refractivity contribution in [2.45, 2.75) is 32.9 Å². The summed E-state index contributed by atoms with van der Waals surface area (Å²) in [6.07, 6.45) is 4.54. The molecule has 0 radical (unpaired) electrons. The number of aromatic nitrogens is 1. The molecule has 5 heteroatoms. The molecule has 21 heavy (non-hydrogen) atoms. The molecule has 1 fully saturated rings. The number of piperidine rings is 1. The van der Waals surface area contributed by atoms with Crippen LogP contribution in [0.5, 0.6) is 0 Å².